The lowest BCUT2D eigenvalue weighted by Gasteiger charge is -2.16. The van der Waals surface area contributed by atoms with E-state index in [1.54, 1.807) is 12.1 Å². The van der Waals surface area contributed by atoms with E-state index in [2.05, 4.69) is 5.32 Å². The molecule has 0 bridgehead atoms. The third kappa shape index (κ3) is 5.86. The van der Waals surface area contributed by atoms with E-state index in [9.17, 15) is 13.6 Å². The van der Waals surface area contributed by atoms with Gasteiger partial charge in [0.15, 0.2) is 0 Å². The summed E-state index contributed by atoms with van der Waals surface area (Å²) < 4.78 is 32.8. The summed E-state index contributed by atoms with van der Waals surface area (Å²) in [5, 5.41) is 3.16. The number of halogens is 2. The topological polar surface area (TPSA) is 64.4 Å². The predicted octanol–water partition coefficient (Wildman–Crippen LogP) is 3.73. The third-order valence-electron chi connectivity index (χ3n) is 4.55. The van der Waals surface area contributed by atoms with Crippen molar-refractivity contribution < 1.29 is 18.3 Å². The molecule has 0 spiro atoms. The van der Waals surface area contributed by atoms with Crippen LogP contribution in [0.3, 0.4) is 0 Å². The highest BCUT2D eigenvalue weighted by Crippen LogP contribution is 2.18. The maximum absolute atomic E-state index is 13.6. The van der Waals surface area contributed by atoms with Gasteiger partial charge < -0.3 is 15.8 Å². The van der Waals surface area contributed by atoms with Crippen LogP contribution in [0.25, 0.3) is 0 Å². The molecule has 1 amide bonds. The Bertz CT molecular complexity index is 927. The molecule has 0 aliphatic heterocycles. The zero-order valence-electron chi connectivity index (χ0n) is 15.8. The fourth-order valence-corrected chi connectivity index (χ4v) is 2.89. The van der Waals surface area contributed by atoms with E-state index < -0.39 is 23.6 Å². The molecule has 0 saturated carbocycles. The third-order valence-corrected chi connectivity index (χ3v) is 4.55. The van der Waals surface area contributed by atoms with Crippen molar-refractivity contribution in [2.75, 3.05) is 0 Å². The number of nitrogens with one attached hydrogen (secondary N) is 1. The SMILES string of the molecule is NC(=O)[C@H](Cc1ccccc1)NCc1ccc(OCc2c(F)cccc2F)cc1. The van der Waals surface area contributed by atoms with Gasteiger partial charge in [0.05, 0.1) is 11.6 Å². The number of nitrogens with two attached hydrogens (primary N) is 1. The van der Waals surface area contributed by atoms with Crippen LogP contribution in [-0.4, -0.2) is 11.9 Å². The first-order valence-electron chi connectivity index (χ1n) is 9.24. The minimum Gasteiger partial charge on any atom is -0.489 e. The van der Waals surface area contributed by atoms with Crippen molar-refractivity contribution >= 4 is 5.91 Å². The molecule has 0 aliphatic carbocycles. The van der Waals surface area contributed by atoms with Crippen molar-refractivity contribution in [2.45, 2.75) is 25.6 Å². The van der Waals surface area contributed by atoms with Crippen molar-refractivity contribution in [3.8, 4) is 5.75 Å². The van der Waals surface area contributed by atoms with Crippen LogP contribution in [0.2, 0.25) is 0 Å². The summed E-state index contributed by atoms with van der Waals surface area (Å²) in [6, 6.07) is 19.9. The fourth-order valence-electron chi connectivity index (χ4n) is 2.89. The van der Waals surface area contributed by atoms with Gasteiger partial charge in [0, 0.05) is 6.54 Å². The highest BCUT2D eigenvalue weighted by atomic mass is 19.1. The van der Waals surface area contributed by atoms with Crippen molar-refractivity contribution in [1.82, 2.24) is 5.32 Å². The monoisotopic (exact) mass is 396 g/mol. The van der Waals surface area contributed by atoms with Gasteiger partial charge in [-0.25, -0.2) is 8.78 Å². The molecule has 3 aromatic carbocycles. The summed E-state index contributed by atoms with van der Waals surface area (Å²) in [5.74, 6) is -1.20. The van der Waals surface area contributed by atoms with Crippen molar-refractivity contribution in [3.05, 3.63) is 101 Å². The molecule has 3 N–H and O–H groups in total. The summed E-state index contributed by atoms with van der Waals surface area (Å²) in [6.07, 6.45) is 0.506. The summed E-state index contributed by atoms with van der Waals surface area (Å²) in [6.45, 7) is 0.250. The molecule has 3 rings (SSSR count). The van der Waals surface area contributed by atoms with E-state index in [-0.39, 0.29) is 12.2 Å². The van der Waals surface area contributed by atoms with Crippen LogP contribution in [0.5, 0.6) is 5.75 Å². The molecule has 0 aromatic heterocycles. The first kappa shape index (κ1) is 20.5. The molecule has 0 unspecified atom stereocenters. The lowest BCUT2D eigenvalue weighted by atomic mass is 10.1. The van der Waals surface area contributed by atoms with E-state index >= 15 is 0 Å². The largest absolute Gasteiger partial charge is 0.489 e. The Kier molecular flexibility index (Phi) is 6.92. The van der Waals surface area contributed by atoms with Crippen molar-refractivity contribution in [3.63, 3.8) is 0 Å². The number of ether oxygens (including phenoxy) is 1. The van der Waals surface area contributed by atoms with Crippen molar-refractivity contribution in [2.24, 2.45) is 5.73 Å². The Morgan fingerprint density at radius 2 is 1.55 bits per heavy atom. The molecule has 150 valence electrons. The standard InChI is InChI=1S/C23H22F2N2O2/c24-20-7-4-8-21(25)19(20)15-29-18-11-9-17(10-12-18)14-27-22(23(26)28)13-16-5-2-1-3-6-16/h1-12,22,27H,13-15H2,(H2,26,28)/t22-/m0/s1. The Hall–Kier alpha value is -3.25. The van der Waals surface area contributed by atoms with Gasteiger partial charge in [0.2, 0.25) is 5.91 Å². The highest BCUT2D eigenvalue weighted by Gasteiger charge is 2.15. The molecule has 1 atom stereocenters. The second-order valence-electron chi connectivity index (χ2n) is 6.66. The summed E-state index contributed by atoms with van der Waals surface area (Å²) >= 11 is 0. The van der Waals surface area contributed by atoms with Gasteiger partial charge in [-0.3, -0.25) is 4.79 Å². The van der Waals surface area contributed by atoms with Gasteiger partial charge in [-0.2, -0.15) is 0 Å². The van der Waals surface area contributed by atoms with Gasteiger partial charge in [-0.15, -0.1) is 0 Å². The van der Waals surface area contributed by atoms with Gasteiger partial charge in [0.25, 0.3) is 0 Å². The minimum atomic E-state index is -0.637. The van der Waals surface area contributed by atoms with Gasteiger partial charge in [0.1, 0.15) is 24.0 Å². The van der Waals surface area contributed by atoms with Crippen LogP contribution in [0, 0.1) is 11.6 Å². The maximum Gasteiger partial charge on any atom is 0.234 e. The first-order chi connectivity index (χ1) is 14.0. The molecule has 3 aromatic rings. The lowest BCUT2D eigenvalue weighted by Crippen LogP contribution is -2.42. The summed E-state index contributed by atoms with van der Waals surface area (Å²) in [5.41, 5.74) is 7.35. The molecular formula is C23H22F2N2O2. The Morgan fingerprint density at radius 1 is 0.897 bits per heavy atom. The Balaban J connectivity index is 1.55. The van der Waals surface area contributed by atoms with Crippen LogP contribution < -0.4 is 15.8 Å². The number of rotatable bonds is 9. The minimum absolute atomic E-state index is 0.108. The van der Waals surface area contributed by atoms with E-state index in [0.717, 1.165) is 11.1 Å². The molecule has 6 heteroatoms. The van der Waals surface area contributed by atoms with Crippen LogP contribution in [0.15, 0.2) is 72.8 Å². The second-order valence-corrected chi connectivity index (χ2v) is 6.66. The predicted molar refractivity (Wildman–Crippen MR) is 107 cm³/mol. The van der Waals surface area contributed by atoms with E-state index in [0.29, 0.717) is 18.7 Å². The zero-order chi connectivity index (χ0) is 20.6. The zero-order valence-corrected chi connectivity index (χ0v) is 15.8. The van der Waals surface area contributed by atoms with Crippen LogP contribution >= 0.6 is 0 Å². The maximum atomic E-state index is 13.6. The second kappa shape index (κ2) is 9.80. The molecule has 0 aliphatic rings. The number of carbonyl (C=O) groups excluding carboxylic acids is 1. The molecule has 0 radical (unpaired) electrons. The van der Waals surface area contributed by atoms with Crippen LogP contribution in [-0.2, 0) is 24.4 Å². The molecule has 0 fully saturated rings. The molecular weight excluding hydrogens is 374 g/mol. The average molecular weight is 396 g/mol. The number of hydrogen-bond donors (Lipinski definition) is 2. The Labute approximate surface area is 168 Å². The number of amides is 1. The summed E-state index contributed by atoms with van der Waals surface area (Å²) in [7, 11) is 0. The highest BCUT2D eigenvalue weighted by molar-refractivity contribution is 5.80. The number of primary amides is 1. The first-order valence-corrected chi connectivity index (χ1v) is 9.24. The summed E-state index contributed by atoms with van der Waals surface area (Å²) in [4.78, 5) is 11.7. The Morgan fingerprint density at radius 3 is 2.17 bits per heavy atom. The number of hydrogen-bond acceptors (Lipinski definition) is 3. The molecule has 0 heterocycles. The number of carbonyl (C=O) groups is 1. The normalized spacial score (nSPS) is 11.8. The van der Waals surface area contributed by atoms with Crippen LogP contribution in [0.4, 0.5) is 8.78 Å². The lowest BCUT2D eigenvalue weighted by molar-refractivity contribution is -0.120. The average Bonchev–Trinajstić information content (AvgIpc) is 2.72. The quantitative estimate of drug-likeness (QED) is 0.579. The molecule has 29 heavy (non-hydrogen) atoms. The van der Waals surface area contributed by atoms with Gasteiger partial charge in [-0.05, 0) is 41.8 Å². The van der Waals surface area contributed by atoms with Crippen LogP contribution in [0.1, 0.15) is 16.7 Å². The van der Waals surface area contributed by atoms with E-state index in [4.69, 9.17) is 10.5 Å². The van der Waals surface area contributed by atoms with E-state index in [1.165, 1.54) is 18.2 Å². The van der Waals surface area contributed by atoms with Gasteiger partial charge in [-0.1, -0.05) is 48.5 Å². The fraction of sp³-hybridized carbons (Fsp3) is 0.174. The molecule has 4 nitrogen and oxygen atoms in total. The molecule has 0 saturated heterocycles. The van der Waals surface area contributed by atoms with Gasteiger partial charge >= 0.3 is 0 Å². The smallest absolute Gasteiger partial charge is 0.234 e. The van der Waals surface area contributed by atoms with Crippen molar-refractivity contribution in [1.29, 1.82) is 0 Å². The van der Waals surface area contributed by atoms with E-state index in [1.807, 2.05) is 42.5 Å². The number of benzene rings is 3.